The SMILES string of the molecule is CCC(COP(=O)([O-])O)COP(=O)([O-])OCCOP(=O)([O-])OCCOP(=O)([O-])OCCOP(=O)([O-])OCCOP(=O)([O-])OCC(CO)CNC. The molecule has 0 saturated carbocycles. The van der Waals surface area contributed by atoms with E-state index in [9.17, 15) is 56.8 Å². The van der Waals surface area contributed by atoms with Crippen molar-refractivity contribution in [1.82, 2.24) is 5.32 Å². The lowest BCUT2D eigenvalue weighted by Crippen LogP contribution is -2.27. The summed E-state index contributed by atoms with van der Waals surface area (Å²) in [7, 11) is -28.7. The minimum atomic E-state index is -5.14. The summed E-state index contributed by atoms with van der Waals surface area (Å²) in [4.78, 5) is 77.7. The van der Waals surface area contributed by atoms with Gasteiger partial charge < -0.3 is 94.4 Å². The van der Waals surface area contributed by atoms with Crippen LogP contribution in [0.5, 0.6) is 0 Å². The molecule has 0 bridgehead atoms. The Morgan fingerprint density at radius 3 is 1.00 bits per heavy atom. The molecule has 8 unspecified atom stereocenters. The molecule has 0 aromatic rings. The van der Waals surface area contributed by atoms with Crippen LogP contribution in [0.2, 0.25) is 0 Å². The zero-order valence-corrected chi connectivity index (χ0v) is 31.9. The first-order valence-electron chi connectivity index (χ1n) is 13.9. The van der Waals surface area contributed by atoms with E-state index in [2.05, 4.69) is 55.1 Å². The molecule has 8 atom stereocenters. The van der Waals surface area contributed by atoms with Crippen LogP contribution in [0.3, 0.4) is 0 Å². The highest BCUT2D eigenvalue weighted by molar-refractivity contribution is 7.47. The van der Waals surface area contributed by atoms with Gasteiger partial charge in [0, 0.05) is 25.0 Å². The molecule has 0 aromatic heterocycles. The van der Waals surface area contributed by atoms with Crippen LogP contribution in [0.15, 0.2) is 0 Å². The van der Waals surface area contributed by atoms with E-state index in [1.54, 1.807) is 14.0 Å². The maximum atomic E-state index is 11.7. The molecule has 32 heteroatoms. The van der Waals surface area contributed by atoms with Crippen molar-refractivity contribution in [2.75, 3.05) is 92.9 Å². The maximum absolute atomic E-state index is 11.7. The van der Waals surface area contributed by atoms with Crippen LogP contribution in [0, 0.1) is 11.8 Å². The molecule has 0 heterocycles. The Balaban J connectivity index is 4.23. The first kappa shape index (κ1) is 50.6. The largest absolute Gasteiger partial charge is 0.756 e. The fourth-order valence-electron chi connectivity index (χ4n) is 2.72. The van der Waals surface area contributed by atoms with Crippen molar-refractivity contribution in [3.63, 3.8) is 0 Å². The standard InChI is InChI=1S/C18H45NO25P6/c1-3-17(14-42-45(21,22)23)15-43-49(30,31)40-10-8-38-47(26,27)36-6-4-34-46(24,25)35-5-7-37-48(28,29)39-9-11-41-50(32,33)44-16-18(13-20)12-19-2/h17-20H,3-16H2,1-2H3,(H,24,25)(H,26,27)(H,28,29)(H,30,31)(H,32,33)(H2,21,22,23)/p-6. The average Bonchev–Trinajstić information content (AvgIpc) is 3.00. The minimum Gasteiger partial charge on any atom is -0.756 e. The van der Waals surface area contributed by atoms with Crippen molar-refractivity contribution < 1.29 is 117 Å². The quantitative estimate of drug-likeness (QED) is 0.0433. The lowest BCUT2D eigenvalue weighted by molar-refractivity contribution is -0.238. The molecule has 0 aromatic carbocycles. The van der Waals surface area contributed by atoms with Crippen molar-refractivity contribution in [3.8, 4) is 0 Å². The van der Waals surface area contributed by atoms with Crippen LogP contribution in [0.1, 0.15) is 13.3 Å². The highest BCUT2D eigenvalue weighted by atomic mass is 31.2. The molecule has 0 spiro atoms. The van der Waals surface area contributed by atoms with Gasteiger partial charge in [-0.25, -0.2) is 0 Å². The molecule has 0 aliphatic heterocycles. The van der Waals surface area contributed by atoms with Crippen molar-refractivity contribution in [3.05, 3.63) is 0 Å². The van der Waals surface area contributed by atoms with Gasteiger partial charge in [0.05, 0.1) is 72.7 Å². The molecule has 0 aliphatic carbocycles. The van der Waals surface area contributed by atoms with Gasteiger partial charge in [0.15, 0.2) is 0 Å². The Labute approximate surface area is 286 Å². The Morgan fingerprint density at radius 1 is 0.500 bits per heavy atom. The molecule has 0 amide bonds. The molecule has 3 N–H and O–H groups in total. The van der Waals surface area contributed by atoms with Gasteiger partial charge >= 0.3 is 0 Å². The summed E-state index contributed by atoms with van der Waals surface area (Å²) >= 11 is 0. The fourth-order valence-corrected chi connectivity index (χ4v) is 6.66. The zero-order chi connectivity index (χ0) is 38.5. The Morgan fingerprint density at radius 2 is 0.760 bits per heavy atom. The van der Waals surface area contributed by atoms with E-state index in [0.29, 0.717) is 0 Å². The van der Waals surface area contributed by atoms with E-state index >= 15 is 0 Å². The Hall–Kier alpha value is 0.580. The highest BCUT2D eigenvalue weighted by Gasteiger charge is 2.19. The van der Waals surface area contributed by atoms with Crippen LogP contribution in [0.4, 0.5) is 0 Å². The lowest BCUT2D eigenvalue weighted by atomic mass is 10.1. The van der Waals surface area contributed by atoms with Gasteiger partial charge in [0.2, 0.25) is 0 Å². The Kier molecular flexibility index (Phi) is 25.2. The average molecular weight is 855 g/mol. The molecular formula is C18H39NO25P6-6. The van der Waals surface area contributed by atoms with Crippen LogP contribution in [-0.2, 0) is 77.2 Å². The third-order valence-corrected chi connectivity index (χ3v) is 10.5. The summed E-state index contributed by atoms with van der Waals surface area (Å²) in [6.07, 6.45) is 0.186. The molecule has 26 nitrogen and oxygen atoms in total. The van der Waals surface area contributed by atoms with E-state index in [1.165, 1.54) is 0 Å². The predicted molar refractivity (Wildman–Crippen MR) is 152 cm³/mol. The number of aliphatic hydroxyl groups is 1. The highest BCUT2D eigenvalue weighted by Crippen LogP contribution is 2.44. The third-order valence-electron chi connectivity index (χ3n) is 5.07. The number of phosphoric acid groups is 6. The molecule has 0 aliphatic rings. The van der Waals surface area contributed by atoms with Gasteiger partial charge in [-0.3, -0.25) is 27.4 Å². The van der Waals surface area contributed by atoms with Crippen LogP contribution in [0.25, 0.3) is 0 Å². The van der Waals surface area contributed by atoms with Gasteiger partial charge in [-0.1, -0.05) is 6.92 Å². The van der Waals surface area contributed by atoms with E-state index in [-0.39, 0.29) is 19.6 Å². The van der Waals surface area contributed by atoms with Crippen molar-refractivity contribution >= 4 is 46.9 Å². The number of rotatable bonds is 33. The van der Waals surface area contributed by atoms with Crippen LogP contribution in [-0.4, -0.2) is 103 Å². The van der Waals surface area contributed by atoms with Gasteiger partial charge in [-0.05, 0) is 13.5 Å². The van der Waals surface area contributed by atoms with Crippen LogP contribution >= 0.6 is 46.9 Å². The summed E-state index contributed by atoms with van der Waals surface area (Å²) in [5.41, 5.74) is 0. The normalized spacial score (nSPS) is 20.8. The maximum Gasteiger partial charge on any atom is 0.268 e. The topological polar surface area (TPSA) is 395 Å². The van der Waals surface area contributed by atoms with Gasteiger partial charge in [-0.15, -0.1) is 0 Å². The van der Waals surface area contributed by atoms with E-state index in [1.807, 2.05) is 0 Å². The molecular weight excluding hydrogens is 816 g/mol. The number of hydrogen-bond acceptors (Lipinski definition) is 25. The number of nitrogens with one attached hydrogen (secondary N) is 1. The van der Waals surface area contributed by atoms with Crippen molar-refractivity contribution in [2.24, 2.45) is 11.8 Å². The fraction of sp³-hybridized carbons (Fsp3) is 1.00. The second kappa shape index (κ2) is 24.9. The van der Waals surface area contributed by atoms with Crippen LogP contribution < -0.4 is 34.7 Å². The summed E-state index contributed by atoms with van der Waals surface area (Å²) < 4.78 is 117. The minimum absolute atomic E-state index is 0.186. The lowest BCUT2D eigenvalue weighted by Gasteiger charge is -2.27. The Bertz CT molecular complexity index is 1230. The van der Waals surface area contributed by atoms with Gasteiger partial charge in [0.25, 0.3) is 46.9 Å². The monoisotopic (exact) mass is 855 g/mol. The summed E-state index contributed by atoms with van der Waals surface area (Å²) in [5.74, 6) is -1.34. The van der Waals surface area contributed by atoms with Gasteiger partial charge in [-0.2, -0.15) is 0 Å². The third kappa shape index (κ3) is 29.0. The second-order valence-corrected chi connectivity index (χ2v) is 17.4. The zero-order valence-electron chi connectivity index (χ0n) is 26.5. The molecule has 0 fully saturated rings. The molecule has 50 heavy (non-hydrogen) atoms. The van der Waals surface area contributed by atoms with Gasteiger partial charge in [0.1, 0.15) is 0 Å². The smallest absolute Gasteiger partial charge is 0.268 e. The summed E-state index contributed by atoms with van der Waals surface area (Å²) in [5, 5.41) is 11.8. The van der Waals surface area contributed by atoms with E-state index < -0.39 is 131 Å². The molecule has 302 valence electrons. The second-order valence-electron chi connectivity index (χ2n) is 9.14. The summed E-state index contributed by atoms with van der Waals surface area (Å²) in [6, 6.07) is 0. The first-order valence-corrected chi connectivity index (χ1v) is 22.7. The molecule has 0 rings (SSSR count). The number of aliphatic hydroxyl groups excluding tert-OH is 1. The number of hydrogen-bond donors (Lipinski definition) is 3. The molecule has 0 saturated heterocycles. The first-order chi connectivity index (χ1) is 23.0. The van der Waals surface area contributed by atoms with Crippen molar-refractivity contribution in [1.29, 1.82) is 0 Å². The molecule has 0 radical (unpaired) electrons. The van der Waals surface area contributed by atoms with E-state index in [4.69, 9.17) is 10.00 Å². The predicted octanol–water partition coefficient (Wildman–Crippen LogP) is -3.17. The number of phosphoric ester groups is 6. The van der Waals surface area contributed by atoms with Crippen molar-refractivity contribution in [2.45, 2.75) is 13.3 Å². The van der Waals surface area contributed by atoms with E-state index in [0.717, 1.165) is 0 Å². The summed E-state index contributed by atoms with van der Waals surface area (Å²) in [6.45, 7) is -7.33.